The summed E-state index contributed by atoms with van der Waals surface area (Å²) in [5.41, 5.74) is 17.6. The summed E-state index contributed by atoms with van der Waals surface area (Å²) in [6.45, 7) is 20.8. The molecule has 0 spiro atoms. The van der Waals surface area contributed by atoms with Gasteiger partial charge in [0.25, 0.3) is 0 Å². The Kier molecular flexibility index (Phi) is 6.19. The average molecular weight is 677 g/mol. The summed E-state index contributed by atoms with van der Waals surface area (Å²) in [7, 11) is 0. The highest BCUT2D eigenvalue weighted by Gasteiger charge is 2.44. The van der Waals surface area contributed by atoms with Gasteiger partial charge in [-0.3, -0.25) is 0 Å². The molecular formula is C48H45BN2O. The van der Waals surface area contributed by atoms with E-state index >= 15 is 0 Å². The summed E-state index contributed by atoms with van der Waals surface area (Å²) in [5.74, 6) is 0. The third kappa shape index (κ3) is 4.33. The van der Waals surface area contributed by atoms with Crippen LogP contribution in [0.4, 0.5) is 11.4 Å². The maximum absolute atomic E-state index is 6.48. The van der Waals surface area contributed by atoms with Gasteiger partial charge in [0.2, 0.25) is 0 Å². The van der Waals surface area contributed by atoms with Crippen LogP contribution in [0.25, 0.3) is 60.6 Å². The van der Waals surface area contributed by atoms with Gasteiger partial charge in [0, 0.05) is 44.2 Å². The van der Waals surface area contributed by atoms with Crippen LogP contribution in [0, 0.1) is 0 Å². The molecule has 6 aromatic carbocycles. The summed E-state index contributed by atoms with van der Waals surface area (Å²) in [4.78, 5) is 2.64. The number of nitrogens with zero attached hydrogens (tertiary/aromatic N) is 2. The molecule has 0 saturated carbocycles. The van der Waals surface area contributed by atoms with E-state index in [9.17, 15) is 0 Å². The fourth-order valence-corrected chi connectivity index (χ4v) is 8.95. The highest BCUT2D eigenvalue weighted by atomic mass is 16.3. The van der Waals surface area contributed by atoms with Crippen LogP contribution in [0.5, 0.6) is 0 Å². The quantitative estimate of drug-likeness (QED) is 0.161. The van der Waals surface area contributed by atoms with Crippen molar-refractivity contribution in [2.24, 2.45) is 0 Å². The van der Waals surface area contributed by atoms with E-state index in [-0.39, 0.29) is 23.1 Å². The van der Waals surface area contributed by atoms with Crippen molar-refractivity contribution in [1.82, 2.24) is 4.57 Å². The van der Waals surface area contributed by atoms with Crippen LogP contribution in [-0.4, -0.2) is 11.4 Å². The second kappa shape index (κ2) is 10.2. The maximum atomic E-state index is 6.48. The van der Waals surface area contributed by atoms with Gasteiger partial charge >= 0.3 is 6.85 Å². The lowest BCUT2D eigenvalue weighted by Crippen LogP contribution is -2.60. The molecular weight excluding hydrogens is 631 g/mol. The molecule has 2 aromatic heterocycles. The van der Waals surface area contributed by atoms with E-state index in [1.54, 1.807) is 0 Å². The molecule has 0 atom stereocenters. The Balaban J connectivity index is 1.37. The number of rotatable bonds is 1. The molecule has 256 valence electrons. The number of para-hydroxylation sites is 1. The van der Waals surface area contributed by atoms with Crippen LogP contribution in [0.15, 0.2) is 114 Å². The number of benzene rings is 6. The molecule has 0 saturated heterocycles. The maximum Gasteiger partial charge on any atom is 0.333 e. The monoisotopic (exact) mass is 676 g/mol. The summed E-state index contributed by atoms with van der Waals surface area (Å²) in [6.07, 6.45) is 0. The van der Waals surface area contributed by atoms with Crippen LogP contribution in [0.1, 0.15) is 79.0 Å². The van der Waals surface area contributed by atoms with Crippen LogP contribution in [0.3, 0.4) is 0 Å². The number of aromatic nitrogens is 1. The van der Waals surface area contributed by atoms with Crippen LogP contribution >= 0.6 is 0 Å². The Bertz CT molecular complexity index is 2790. The van der Waals surface area contributed by atoms with Gasteiger partial charge in [-0.05, 0) is 98.0 Å². The van der Waals surface area contributed by atoms with Crippen molar-refractivity contribution in [2.75, 3.05) is 4.81 Å². The molecule has 0 radical (unpaired) electrons. The van der Waals surface area contributed by atoms with Gasteiger partial charge in [0.1, 0.15) is 11.2 Å². The largest absolute Gasteiger partial charge is 0.456 e. The Morgan fingerprint density at radius 1 is 0.500 bits per heavy atom. The number of furan rings is 1. The van der Waals surface area contributed by atoms with Gasteiger partial charge in [-0.1, -0.05) is 123 Å². The Morgan fingerprint density at radius 3 is 1.87 bits per heavy atom. The predicted molar refractivity (Wildman–Crippen MR) is 223 cm³/mol. The van der Waals surface area contributed by atoms with E-state index in [1.165, 1.54) is 77.6 Å². The smallest absolute Gasteiger partial charge is 0.333 e. The van der Waals surface area contributed by atoms with Gasteiger partial charge in [-0.2, -0.15) is 0 Å². The topological polar surface area (TPSA) is 21.3 Å². The van der Waals surface area contributed by atoms with E-state index in [1.807, 2.05) is 0 Å². The third-order valence-corrected chi connectivity index (χ3v) is 11.9. The summed E-state index contributed by atoms with van der Waals surface area (Å²) < 4.78 is 9.05. The zero-order valence-electron chi connectivity index (χ0n) is 31.8. The minimum absolute atomic E-state index is 0.00184. The number of hydrogen-bond donors (Lipinski definition) is 0. The SMILES string of the molecule is CC(C)(C)c1ccc(N2B3c4cc(C(C)(C)C)ccc4-n4c5cc6c(cc5c5ccc(c3c54)-c3cc(C(C)(C)C)ccc32)oc2ccccc26)cc1. The number of hydrogen-bond acceptors (Lipinski definition) is 2. The Labute approximate surface area is 307 Å². The van der Waals surface area contributed by atoms with Gasteiger partial charge < -0.3 is 13.8 Å². The van der Waals surface area contributed by atoms with Crippen molar-refractivity contribution in [3.63, 3.8) is 0 Å². The molecule has 0 fully saturated rings. The highest BCUT2D eigenvalue weighted by Crippen LogP contribution is 2.47. The number of anilines is 2. The third-order valence-electron chi connectivity index (χ3n) is 11.9. The van der Waals surface area contributed by atoms with Crippen molar-refractivity contribution in [3.05, 3.63) is 126 Å². The van der Waals surface area contributed by atoms with E-state index in [2.05, 4.69) is 181 Å². The fraction of sp³-hybridized carbons (Fsp3) is 0.250. The second-order valence-electron chi connectivity index (χ2n) is 18.3. The van der Waals surface area contributed by atoms with Crippen LogP contribution < -0.4 is 15.7 Å². The van der Waals surface area contributed by atoms with Gasteiger partial charge in [0.05, 0.1) is 11.0 Å². The van der Waals surface area contributed by atoms with E-state index < -0.39 is 0 Å². The zero-order valence-corrected chi connectivity index (χ0v) is 31.8. The first-order valence-electron chi connectivity index (χ1n) is 18.8. The van der Waals surface area contributed by atoms with Gasteiger partial charge in [-0.15, -0.1) is 0 Å². The fourth-order valence-electron chi connectivity index (χ4n) is 8.95. The summed E-state index contributed by atoms with van der Waals surface area (Å²) in [6, 6.07) is 41.7. The van der Waals surface area contributed by atoms with Crippen molar-refractivity contribution in [3.8, 4) is 16.8 Å². The van der Waals surface area contributed by atoms with Crippen LogP contribution in [-0.2, 0) is 16.2 Å². The first-order chi connectivity index (χ1) is 24.7. The van der Waals surface area contributed by atoms with Crippen molar-refractivity contribution >= 4 is 72.9 Å². The van der Waals surface area contributed by atoms with Crippen molar-refractivity contribution in [2.45, 2.75) is 78.6 Å². The molecule has 2 aliphatic heterocycles. The normalized spacial score (nSPS) is 14.2. The van der Waals surface area contributed by atoms with Crippen molar-refractivity contribution in [1.29, 1.82) is 0 Å². The van der Waals surface area contributed by atoms with Gasteiger partial charge in [0.15, 0.2) is 0 Å². The first kappa shape index (κ1) is 31.5. The molecule has 0 amide bonds. The van der Waals surface area contributed by atoms with E-state index in [4.69, 9.17) is 4.42 Å². The molecule has 4 heteroatoms. The highest BCUT2D eigenvalue weighted by molar-refractivity contribution is 6.93. The van der Waals surface area contributed by atoms with E-state index in [0.717, 1.165) is 21.9 Å². The molecule has 10 rings (SSSR count). The average Bonchev–Trinajstić information content (AvgIpc) is 3.63. The zero-order chi connectivity index (χ0) is 36.1. The minimum Gasteiger partial charge on any atom is -0.456 e. The molecule has 52 heavy (non-hydrogen) atoms. The van der Waals surface area contributed by atoms with Gasteiger partial charge in [-0.25, -0.2) is 0 Å². The Morgan fingerprint density at radius 2 is 1.15 bits per heavy atom. The molecule has 0 unspecified atom stereocenters. The molecule has 0 N–H and O–H groups in total. The minimum atomic E-state index is -0.00916. The van der Waals surface area contributed by atoms with Crippen molar-refractivity contribution < 1.29 is 4.42 Å². The molecule has 0 bridgehead atoms. The number of fused-ring (bicyclic) bond motifs is 11. The Hall–Kier alpha value is -5.22. The lowest BCUT2D eigenvalue weighted by Gasteiger charge is -2.43. The van der Waals surface area contributed by atoms with E-state index in [0.29, 0.717) is 0 Å². The predicted octanol–water partition coefficient (Wildman–Crippen LogP) is 11.8. The summed E-state index contributed by atoms with van der Waals surface area (Å²) in [5, 5.41) is 4.81. The standard InChI is InChI=1S/C48H45BN2O/c1-46(2,3)28-14-18-31(19-15-28)51-39-22-16-29(47(4,5)6)24-35(39)33-20-21-34-36-27-43-37(32-12-10-11-13-42(32)52-43)26-41(36)50-40-23-17-30(48(7,8)9)25-38(40)49(51)44(33)45(34)50/h10-27H,1-9H3. The summed E-state index contributed by atoms with van der Waals surface area (Å²) >= 11 is 0. The molecule has 0 aliphatic carbocycles. The van der Waals surface area contributed by atoms with Crippen LogP contribution in [0.2, 0.25) is 0 Å². The lowest BCUT2D eigenvalue weighted by atomic mass is 9.43. The molecule has 2 aliphatic rings. The molecule has 8 aromatic rings. The lowest BCUT2D eigenvalue weighted by molar-refractivity contribution is 0.590. The second-order valence-corrected chi connectivity index (χ2v) is 18.3. The molecule has 4 heterocycles. The molecule has 3 nitrogen and oxygen atoms in total. The first-order valence-corrected chi connectivity index (χ1v) is 18.8.